The molecule has 6 nitrogen and oxygen atoms in total. The van der Waals surface area contributed by atoms with Gasteiger partial charge >= 0.3 is 5.97 Å². The molecule has 1 aromatic rings. The molecule has 1 aromatic heterocycles. The fourth-order valence-electron chi connectivity index (χ4n) is 2.53. The van der Waals surface area contributed by atoms with Gasteiger partial charge in [0, 0.05) is 24.5 Å². The van der Waals surface area contributed by atoms with Crippen LogP contribution >= 0.6 is 0 Å². The van der Waals surface area contributed by atoms with Gasteiger partial charge in [0.25, 0.3) is 5.56 Å². The largest absolute Gasteiger partial charge is 0.467 e. The van der Waals surface area contributed by atoms with Gasteiger partial charge in [-0.25, -0.2) is 9.78 Å². The average molecular weight is 279 g/mol. The van der Waals surface area contributed by atoms with Gasteiger partial charge in [0.05, 0.1) is 7.11 Å². The van der Waals surface area contributed by atoms with Gasteiger partial charge in [0.2, 0.25) is 0 Å². The summed E-state index contributed by atoms with van der Waals surface area (Å²) in [5, 5.41) is 0. The molecule has 0 spiro atoms. The van der Waals surface area contributed by atoms with Crippen LogP contribution in [0.5, 0.6) is 0 Å². The molecule has 0 radical (unpaired) electrons. The van der Waals surface area contributed by atoms with Crippen LogP contribution < -0.4 is 10.5 Å². The molecule has 2 rings (SSSR count). The lowest BCUT2D eigenvalue weighted by Gasteiger charge is -2.26. The molecule has 1 fully saturated rings. The highest BCUT2D eigenvalue weighted by Crippen LogP contribution is 2.22. The van der Waals surface area contributed by atoms with Gasteiger partial charge in [-0.3, -0.25) is 4.79 Å². The highest BCUT2D eigenvalue weighted by atomic mass is 16.5. The summed E-state index contributed by atoms with van der Waals surface area (Å²) in [4.78, 5) is 30.3. The van der Waals surface area contributed by atoms with E-state index in [0.29, 0.717) is 18.8 Å². The van der Waals surface area contributed by atoms with Crippen LogP contribution in [0.3, 0.4) is 0 Å². The Balaban J connectivity index is 2.43. The molecule has 1 atom stereocenters. The van der Waals surface area contributed by atoms with E-state index in [-0.39, 0.29) is 17.1 Å². The first-order chi connectivity index (χ1) is 9.36. The first-order valence-electron chi connectivity index (χ1n) is 6.79. The standard InChI is InChI=1S/C14H21N3O3/c1-14(2,3)17-9-7-15-11(12(17)18)16-8-5-6-10(16)13(19)20-4/h7,9-10H,5-6,8H2,1-4H3. The fourth-order valence-corrected chi connectivity index (χ4v) is 2.53. The third kappa shape index (κ3) is 2.55. The molecular formula is C14H21N3O3. The van der Waals surface area contributed by atoms with Crippen LogP contribution in [0.1, 0.15) is 33.6 Å². The maximum atomic E-state index is 12.6. The first kappa shape index (κ1) is 14.6. The number of esters is 1. The molecule has 110 valence electrons. The summed E-state index contributed by atoms with van der Waals surface area (Å²) in [5.41, 5.74) is -0.495. The summed E-state index contributed by atoms with van der Waals surface area (Å²) < 4.78 is 6.45. The van der Waals surface area contributed by atoms with E-state index in [2.05, 4.69) is 4.98 Å². The van der Waals surface area contributed by atoms with Crippen molar-refractivity contribution in [2.75, 3.05) is 18.6 Å². The third-order valence-electron chi connectivity index (χ3n) is 3.54. The van der Waals surface area contributed by atoms with Crippen LogP contribution in [0.2, 0.25) is 0 Å². The number of hydrogen-bond donors (Lipinski definition) is 0. The van der Waals surface area contributed by atoms with Crippen molar-refractivity contribution >= 4 is 11.8 Å². The lowest BCUT2D eigenvalue weighted by Crippen LogP contribution is -2.43. The number of nitrogens with zero attached hydrogens (tertiary/aromatic N) is 3. The van der Waals surface area contributed by atoms with Crippen molar-refractivity contribution < 1.29 is 9.53 Å². The van der Waals surface area contributed by atoms with Crippen molar-refractivity contribution in [1.82, 2.24) is 9.55 Å². The van der Waals surface area contributed by atoms with Gasteiger partial charge in [-0.05, 0) is 33.6 Å². The lowest BCUT2D eigenvalue weighted by molar-refractivity contribution is -0.141. The Bertz CT molecular complexity index is 560. The van der Waals surface area contributed by atoms with Crippen LogP contribution in [-0.2, 0) is 15.1 Å². The van der Waals surface area contributed by atoms with Crippen molar-refractivity contribution in [3.05, 3.63) is 22.7 Å². The number of rotatable bonds is 2. The lowest BCUT2D eigenvalue weighted by atomic mass is 10.1. The van der Waals surface area contributed by atoms with E-state index < -0.39 is 6.04 Å². The zero-order valence-corrected chi connectivity index (χ0v) is 12.4. The zero-order valence-electron chi connectivity index (χ0n) is 12.4. The molecule has 1 aliphatic rings. The average Bonchev–Trinajstić information content (AvgIpc) is 2.85. The minimum absolute atomic E-state index is 0.171. The van der Waals surface area contributed by atoms with E-state index in [4.69, 9.17) is 4.74 Å². The Hall–Kier alpha value is -1.85. The summed E-state index contributed by atoms with van der Waals surface area (Å²) >= 11 is 0. The van der Waals surface area contributed by atoms with Crippen molar-refractivity contribution in [2.24, 2.45) is 0 Å². The molecule has 2 heterocycles. The number of carbonyl (C=O) groups excluding carboxylic acids is 1. The van der Waals surface area contributed by atoms with Crippen molar-refractivity contribution in [1.29, 1.82) is 0 Å². The number of aromatic nitrogens is 2. The zero-order chi connectivity index (χ0) is 14.9. The second-order valence-electron chi connectivity index (χ2n) is 5.97. The normalized spacial score (nSPS) is 19.2. The quantitative estimate of drug-likeness (QED) is 0.760. The van der Waals surface area contributed by atoms with E-state index >= 15 is 0 Å². The Labute approximate surface area is 118 Å². The first-order valence-corrected chi connectivity index (χ1v) is 6.79. The highest BCUT2D eigenvalue weighted by molar-refractivity contribution is 5.80. The van der Waals surface area contributed by atoms with Gasteiger partial charge in [0.1, 0.15) is 6.04 Å². The van der Waals surface area contributed by atoms with Crippen LogP contribution in [-0.4, -0.2) is 35.2 Å². The van der Waals surface area contributed by atoms with Crippen molar-refractivity contribution in [2.45, 2.75) is 45.2 Å². The molecule has 20 heavy (non-hydrogen) atoms. The summed E-state index contributed by atoms with van der Waals surface area (Å²) in [7, 11) is 1.37. The number of ether oxygens (including phenoxy) is 1. The Morgan fingerprint density at radius 1 is 1.45 bits per heavy atom. The third-order valence-corrected chi connectivity index (χ3v) is 3.54. The Kier molecular flexibility index (Phi) is 3.83. The van der Waals surface area contributed by atoms with Gasteiger partial charge in [-0.1, -0.05) is 0 Å². The predicted octanol–water partition coefficient (Wildman–Crippen LogP) is 1.14. The summed E-state index contributed by atoms with van der Waals surface area (Å²) in [6.45, 7) is 6.52. The molecule has 0 amide bonds. The van der Waals surface area contributed by atoms with E-state index in [1.165, 1.54) is 7.11 Å². The van der Waals surface area contributed by atoms with Crippen molar-refractivity contribution in [3.63, 3.8) is 0 Å². The van der Waals surface area contributed by atoms with E-state index in [1.54, 1.807) is 21.9 Å². The Morgan fingerprint density at radius 3 is 2.75 bits per heavy atom. The second-order valence-corrected chi connectivity index (χ2v) is 5.97. The molecule has 1 unspecified atom stereocenters. The highest BCUT2D eigenvalue weighted by Gasteiger charge is 2.34. The van der Waals surface area contributed by atoms with E-state index in [1.807, 2.05) is 20.8 Å². The molecule has 0 N–H and O–H groups in total. The fraction of sp³-hybridized carbons (Fsp3) is 0.643. The van der Waals surface area contributed by atoms with Gasteiger partial charge < -0.3 is 14.2 Å². The Morgan fingerprint density at radius 2 is 2.15 bits per heavy atom. The molecule has 1 saturated heterocycles. The van der Waals surface area contributed by atoms with E-state index in [0.717, 1.165) is 6.42 Å². The second kappa shape index (κ2) is 5.26. The van der Waals surface area contributed by atoms with Crippen LogP contribution in [0.25, 0.3) is 0 Å². The van der Waals surface area contributed by atoms with Gasteiger partial charge in [0.15, 0.2) is 5.82 Å². The monoisotopic (exact) mass is 279 g/mol. The topological polar surface area (TPSA) is 64.4 Å². The van der Waals surface area contributed by atoms with Crippen LogP contribution in [0.15, 0.2) is 17.2 Å². The SMILES string of the molecule is COC(=O)C1CCCN1c1nccn(C(C)(C)C)c1=O. The van der Waals surface area contributed by atoms with Gasteiger partial charge in [-0.15, -0.1) is 0 Å². The summed E-state index contributed by atoms with van der Waals surface area (Å²) in [5.74, 6) is 0.0187. The van der Waals surface area contributed by atoms with Crippen LogP contribution in [0, 0.1) is 0 Å². The maximum absolute atomic E-state index is 12.6. The molecule has 0 aromatic carbocycles. The molecule has 0 saturated carbocycles. The molecular weight excluding hydrogens is 258 g/mol. The summed E-state index contributed by atoms with van der Waals surface area (Å²) in [6.07, 6.45) is 4.83. The summed E-state index contributed by atoms with van der Waals surface area (Å²) in [6, 6.07) is -0.406. The molecule has 0 bridgehead atoms. The number of carbonyl (C=O) groups is 1. The van der Waals surface area contributed by atoms with E-state index in [9.17, 15) is 9.59 Å². The minimum atomic E-state index is -0.406. The van der Waals surface area contributed by atoms with Gasteiger partial charge in [-0.2, -0.15) is 0 Å². The number of hydrogen-bond acceptors (Lipinski definition) is 5. The number of anilines is 1. The molecule has 0 aliphatic carbocycles. The smallest absolute Gasteiger partial charge is 0.328 e. The van der Waals surface area contributed by atoms with Crippen LogP contribution in [0.4, 0.5) is 5.82 Å². The predicted molar refractivity (Wildman–Crippen MR) is 75.9 cm³/mol. The minimum Gasteiger partial charge on any atom is -0.467 e. The molecule has 1 aliphatic heterocycles. The number of methoxy groups -OCH3 is 1. The van der Waals surface area contributed by atoms with Crippen molar-refractivity contribution in [3.8, 4) is 0 Å². The molecule has 6 heteroatoms. The maximum Gasteiger partial charge on any atom is 0.328 e.